The van der Waals surface area contributed by atoms with Crippen LogP contribution in [0.15, 0.2) is 53.4 Å². The molecule has 190 valence electrons. The Labute approximate surface area is 212 Å². The van der Waals surface area contributed by atoms with E-state index in [1.807, 2.05) is 43.3 Å². The predicted molar refractivity (Wildman–Crippen MR) is 137 cm³/mol. The van der Waals surface area contributed by atoms with Crippen molar-refractivity contribution >= 4 is 16.0 Å². The van der Waals surface area contributed by atoms with Gasteiger partial charge in [0.05, 0.1) is 23.3 Å². The van der Waals surface area contributed by atoms with Gasteiger partial charge in [0, 0.05) is 45.7 Å². The Morgan fingerprint density at radius 2 is 1.53 bits per heavy atom. The van der Waals surface area contributed by atoms with Crippen LogP contribution in [0.5, 0.6) is 17.4 Å². The van der Waals surface area contributed by atoms with Gasteiger partial charge in [-0.05, 0) is 50.4 Å². The van der Waals surface area contributed by atoms with Crippen LogP contribution in [0.25, 0.3) is 0 Å². The number of methoxy groups -OCH3 is 1. The maximum Gasteiger partial charge on any atom is 0.243 e. The Balaban J connectivity index is 1.49. The van der Waals surface area contributed by atoms with Gasteiger partial charge in [-0.2, -0.15) is 9.29 Å². The van der Waals surface area contributed by atoms with Gasteiger partial charge in [-0.15, -0.1) is 0 Å². The fourth-order valence-electron chi connectivity index (χ4n) is 4.40. The van der Waals surface area contributed by atoms with Gasteiger partial charge in [-0.1, -0.05) is 17.7 Å². The number of nitrogens with zero attached hydrogens (tertiary/aromatic N) is 5. The van der Waals surface area contributed by atoms with Gasteiger partial charge < -0.3 is 19.3 Å². The lowest BCUT2D eigenvalue weighted by molar-refractivity contribution is 0.310. The van der Waals surface area contributed by atoms with Crippen LogP contribution in [0.4, 0.5) is 5.95 Å². The van der Waals surface area contributed by atoms with E-state index < -0.39 is 10.0 Å². The third kappa shape index (κ3) is 5.02. The van der Waals surface area contributed by atoms with Gasteiger partial charge in [0.25, 0.3) is 0 Å². The van der Waals surface area contributed by atoms with E-state index >= 15 is 0 Å². The first-order chi connectivity index (χ1) is 17.3. The second kappa shape index (κ2) is 10.0. The number of rotatable bonds is 6. The highest BCUT2D eigenvalue weighted by atomic mass is 32.2. The molecule has 0 aliphatic carbocycles. The largest absolute Gasteiger partial charge is 0.497 e. The van der Waals surface area contributed by atoms with Gasteiger partial charge in [0.15, 0.2) is 0 Å². The molecule has 0 radical (unpaired) electrons. The smallest absolute Gasteiger partial charge is 0.243 e. The summed E-state index contributed by atoms with van der Waals surface area (Å²) in [5, 5.41) is 0. The van der Waals surface area contributed by atoms with E-state index in [0.29, 0.717) is 36.1 Å². The second-order valence-corrected chi connectivity index (χ2v) is 11.2. The molecule has 0 atom stereocenters. The number of fused-ring (bicyclic) bond motifs is 1. The van der Waals surface area contributed by atoms with Crippen molar-refractivity contribution in [1.29, 1.82) is 0 Å². The van der Waals surface area contributed by atoms with Crippen LogP contribution in [0.3, 0.4) is 0 Å². The highest BCUT2D eigenvalue weighted by molar-refractivity contribution is 7.89. The topological polar surface area (TPSA) is 88.1 Å². The van der Waals surface area contributed by atoms with Crippen molar-refractivity contribution in [1.82, 2.24) is 19.2 Å². The van der Waals surface area contributed by atoms with Crippen molar-refractivity contribution in [3.63, 3.8) is 0 Å². The van der Waals surface area contributed by atoms with Gasteiger partial charge in [-0.25, -0.2) is 13.4 Å². The standard InChI is InChI=1S/C26H31N5O4S/c1-19-4-10-22(11-5-19)36(32,33)31-13-12-24-23(18-31)25(35-21-8-6-20(34-3)7-9-21)28-26(27-24)30-16-14-29(2)15-17-30/h4-11H,12-18H2,1-3H3. The molecule has 0 N–H and O–H groups in total. The summed E-state index contributed by atoms with van der Waals surface area (Å²) in [5.74, 6) is 2.34. The molecule has 10 heteroatoms. The molecular formula is C26H31N5O4S. The lowest BCUT2D eigenvalue weighted by Gasteiger charge is -2.34. The number of piperazine rings is 1. The van der Waals surface area contributed by atoms with Crippen LogP contribution in [0.2, 0.25) is 0 Å². The maximum absolute atomic E-state index is 13.4. The molecule has 1 fully saturated rings. The Morgan fingerprint density at radius 3 is 2.19 bits per heavy atom. The van der Waals surface area contributed by atoms with E-state index in [2.05, 4.69) is 16.8 Å². The molecule has 5 rings (SSSR count). The molecule has 0 spiro atoms. The first-order valence-corrected chi connectivity index (χ1v) is 13.5. The van der Waals surface area contributed by atoms with E-state index in [9.17, 15) is 8.42 Å². The summed E-state index contributed by atoms with van der Waals surface area (Å²) in [5.41, 5.74) is 2.54. The Hall–Kier alpha value is -3.21. The summed E-state index contributed by atoms with van der Waals surface area (Å²) in [4.78, 5) is 14.4. The zero-order valence-corrected chi connectivity index (χ0v) is 21.7. The monoisotopic (exact) mass is 509 g/mol. The predicted octanol–water partition coefficient (Wildman–Crippen LogP) is 3.08. The molecule has 0 amide bonds. The van der Waals surface area contributed by atoms with Crippen LogP contribution >= 0.6 is 0 Å². The fourth-order valence-corrected chi connectivity index (χ4v) is 5.81. The Morgan fingerprint density at radius 1 is 0.861 bits per heavy atom. The molecule has 0 bridgehead atoms. The summed E-state index contributed by atoms with van der Waals surface area (Å²) in [6, 6.07) is 14.2. The molecule has 1 saturated heterocycles. The van der Waals surface area contributed by atoms with Crippen molar-refractivity contribution in [3.05, 3.63) is 65.4 Å². The average molecular weight is 510 g/mol. The van der Waals surface area contributed by atoms with E-state index in [4.69, 9.17) is 19.4 Å². The maximum atomic E-state index is 13.4. The third-order valence-corrected chi connectivity index (χ3v) is 8.55. The van der Waals surface area contributed by atoms with Crippen molar-refractivity contribution < 1.29 is 17.9 Å². The summed E-state index contributed by atoms with van der Waals surface area (Å²) in [6.07, 6.45) is 0.489. The molecule has 2 aromatic carbocycles. The molecular weight excluding hydrogens is 478 g/mol. The van der Waals surface area contributed by atoms with Crippen molar-refractivity contribution in [2.45, 2.75) is 24.8 Å². The molecule has 2 aliphatic heterocycles. The molecule has 9 nitrogen and oxygen atoms in total. The quantitative estimate of drug-likeness (QED) is 0.501. The molecule has 3 aromatic rings. The minimum absolute atomic E-state index is 0.153. The molecule has 0 unspecified atom stereocenters. The Kier molecular flexibility index (Phi) is 6.83. The lowest BCUT2D eigenvalue weighted by atomic mass is 10.1. The van der Waals surface area contributed by atoms with Crippen molar-refractivity contribution in [3.8, 4) is 17.4 Å². The van der Waals surface area contributed by atoms with E-state index in [0.717, 1.165) is 43.2 Å². The fraction of sp³-hybridized carbons (Fsp3) is 0.385. The zero-order valence-electron chi connectivity index (χ0n) is 20.8. The van der Waals surface area contributed by atoms with Crippen LogP contribution in [0.1, 0.15) is 16.8 Å². The minimum atomic E-state index is -3.67. The van der Waals surface area contributed by atoms with Crippen LogP contribution < -0.4 is 14.4 Å². The summed E-state index contributed by atoms with van der Waals surface area (Å²) in [7, 11) is 0.0496. The number of benzene rings is 2. The summed E-state index contributed by atoms with van der Waals surface area (Å²) < 4.78 is 39.8. The lowest BCUT2D eigenvalue weighted by Crippen LogP contribution is -2.45. The van der Waals surface area contributed by atoms with Gasteiger partial charge in [0.2, 0.25) is 21.9 Å². The van der Waals surface area contributed by atoms with Gasteiger partial charge in [0.1, 0.15) is 11.5 Å². The van der Waals surface area contributed by atoms with Crippen LogP contribution in [-0.4, -0.2) is 74.5 Å². The number of ether oxygens (including phenoxy) is 2. The van der Waals surface area contributed by atoms with Gasteiger partial charge >= 0.3 is 0 Å². The molecule has 36 heavy (non-hydrogen) atoms. The number of aromatic nitrogens is 2. The van der Waals surface area contributed by atoms with Gasteiger partial charge in [-0.3, -0.25) is 0 Å². The van der Waals surface area contributed by atoms with E-state index in [1.165, 1.54) is 4.31 Å². The number of aryl methyl sites for hydroxylation is 1. The van der Waals surface area contributed by atoms with Crippen LogP contribution in [0, 0.1) is 6.92 Å². The summed E-state index contributed by atoms with van der Waals surface area (Å²) in [6.45, 7) is 5.95. The number of anilines is 1. The molecule has 3 heterocycles. The molecule has 2 aliphatic rings. The average Bonchev–Trinajstić information content (AvgIpc) is 2.89. The number of sulfonamides is 1. The third-order valence-electron chi connectivity index (χ3n) is 6.69. The zero-order chi connectivity index (χ0) is 25.3. The number of hydrogen-bond acceptors (Lipinski definition) is 8. The molecule has 1 aromatic heterocycles. The van der Waals surface area contributed by atoms with Crippen molar-refractivity contribution in [2.24, 2.45) is 0 Å². The van der Waals surface area contributed by atoms with E-state index in [1.54, 1.807) is 19.2 Å². The SMILES string of the molecule is COc1ccc(Oc2nc(N3CCN(C)CC3)nc3c2CN(S(=O)(=O)c2ccc(C)cc2)CC3)cc1. The number of likely N-dealkylation sites (N-methyl/N-ethyl adjacent to an activating group) is 1. The van der Waals surface area contributed by atoms with Crippen LogP contribution in [-0.2, 0) is 23.0 Å². The highest BCUT2D eigenvalue weighted by Gasteiger charge is 2.32. The Bertz CT molecular complexity index is 1320. The second-order valence-electron chi connectivity index (χ2n) is 9.22. The summed E-state index contributed by atoms with van der Waals surface area (Å²) >= 11 is 0. The van der Waals surface area contributed by atoms with Crippen molar-refractivity contribution in [2.75, 3.05) is 51.8 Å². The normalized spacial score (nSPS) is 17.0. The number of hydrogen-bond donors (Lipinski definition) is 0. The highest BCUT2D eigenvalue weighted by Crippen LogP contribution is 2.34. The first kappa shape index (κ1) is 24.5. The first-order valence-electron chi connectivity index (χ1n) is 12.1. The molecule has 0 saturated carbocycles. The van der Waals surface area contributed by atoms with E-state index in [-0.39, 0.29) is 11.4 Å². The minimum Gasteiger partial charge on any atom is -0.497 e.